The Bertz CT molecular complexity index is 854. The third-order valence-corrected chi connectivity index (χ3v) is 4.61. The van der Waals surface area contributed by atoms with Crippen LogP contribution in [-0.4, -0.2) is 24.3 Å². The first kappa shape index (κ1) is 23.1. The van der Waals surface area contributed by atoms with Gasteiger partial charge in [-0.15, -0.1) is 0 Å². The zero-order valence-corrected chi connectivity index (χ0v) is 17.2. The van der Waals surface area contributed by atoms with Crippen LogP contribution in [0.1, 0.15) is 37.4 Å². The molecule has 7 heteroatoms. The highest BCUT2D eigenvalue weighted by Crippen LogP contribution is 2.15. The third-order valence-electron chi connectivity index (χ3n) is 4.61. The molecule has 0 aromatic heterocycles. The molecular formula is C23H28FN3O3. The quantitative estimate of drug-likeness (QED) is 0.558. The van der Waals surface area contributed by atoms with Crippen LogP contribution in [0.15, 0.2) is 54.6 Å². The van der Waals surface area contributed by atoms with E-state index in [1.54, 1.807) is 36.4 Å². The zero-order chi connectivity index (χ0) is 22.1. The Morgan fingerprint density at radius 1 is 1.00 bits per heavy atom. The van der Waals surface area contributed by atoms with E-state index >= 15 is 0 Å². The van der Waals surface area contributed by atoms with Gasteiger partial charge in [0.2, 0.25) is 17.7 Å². The van der Waals surface area contributed by atoms with Crippen molar-refractivity contribution in [2.24, 2.45) is 17.6 Å². The predicted octanol–water partition coefficient (Wildman–Crippen LogP) is 2.49. The van der Waals surface area contributed by atoms with E-state index in [0.717, 1.165) is 5.56 Å². The van der Waals surface area contributed by atoms with Gasteiger partial charge in [0.15, 0.2) is 0 Å². The number of primary amides is 1. The summed E-state index contributed by atoms with van der Waals surface area (Å²) in [4.78, 5) is 37.0. The van der Waals surface area contributed by atoms with E-state index in [9.17, 15) is 18.8 Å². The van der Waals surface area contributed by atoms with Gasteiger partial charge in [0.1, 0.15) is 11.9 Å². The van der Waals surface area contributed by atoms with Crippen molar-refractivity contribution in [2.75, 3.05) is 6.54 Å². The minimum atomic E-state index is -0.878. The zero-order valence-electron chi connectivity index (χ0n) is 17.2. The van der Waals surface area contributed by atoms with E-state index in [0.29, 0.717) is 12.0 Å². The molecule has 0 fully saturated rings. The Labute approximate surface area is 176 Å². The molecule has 0 aliphatic carbocycles. The summed E-state index contributed by atoms with van der Waals surface area (Å²) in [5.41, 5.74) is 6.86. The Hall–Kier alpha value is -3.22. The van der Waals surface area contributed by atoms with Crippen LogP contribution in [0.5, 0.6) is 0 Å². The molecule has 4 N–H and O–H groups in total. The molecule has 30 heavy (non-hydrogen) atoms. The molecule has 2 atom stereocenters. The fourth-order valence-corrected chi connectivity index (χ4v) is 3.04. The topological polar surface area (TPSA) is 101 Å². The van der Waals surface area contributed by atoms with Gasteiger partial charge in [-0.1, -0.05) is 56.3 Å². The van der Waals surface area contributed by atoms with Gasteiger partial charge in [-0.3, -0.25) is 14.4 Å². The fraction of sp³-hybridized carbons (Fsp3) is 0.348. The van der Waals surface area contributed by atoms with Crippen LogP contribution in [0.3, 0.4) is 0 Å². The summed E-state index contributed by atoms with van der Waals surface area (Å²) in [5, 5.41) is 5.49. The molecule has 2 aromatic carbocycles. The molecule has 2 rings (SSSR count). The number of hydrogen-bond acceptors (Lipinski definition) is 3. The minimum Gasteiger partial charge on any atom is -0.369 e. The standard InChI is InChI=1S/C23H28FN3O3/c1-15(2)12-20(28)27-21(17-6-4-3-5-7-17)23(30)26-14-18(22(25)29)13-16-8-10-19(24)11-9-16/h3-11,15,18,21H,12-14H2,1-2H3,(H2,25,29)(H,26,30)(H,27,28). The third kappa shape index (κ3) is 7.31. The average Bonchev–Trinajstić information content (AvgIpc) is 2.70. The lowest BCUT2D eigenvalue weighted by atomic mass is 9.98. The summed E-state index contributed by atoms with van der Waals surface area (Å²) in [6, 6.07) is 13.8. The first-order valence-electron chi connectivity index (χ1n) is 9.92. The second-order valence-corrected chi connectivity index (χ2v) is 7.68. The molecule has 0 heterocycles. The maximum Gasteiger partial charge on any atom is 0.247 e. The van der Waals surface area contributed by atoms with E-state index in [2.05, 4.69) is 10.6 Å². The van der Waals surface area contributed by atoms with Crippen LogP contribution in [0, 0.1) is 17.7 Å². The lowest BCUT2D eigenvalue weighted by Crippen LogP contribution is -2.44. The normalized spacial score (nSPS) is 12.8. The fourth-order valence-electron chi connectivity index (χ4n) is 3.04. The molecule has 0 radical (unpaired) electrons. The molecule has 3 amide bonds. The van der Waals surface area contributed by atoms with Crippen LogP contribution >= 0.6 is 0 Å². The second kappa shape index (κ2) is 11.1. The smallest absolute Gasteiger partial charge is 0.247 e. The number of benzene rings is 2. The van der Waals surface area contributed by atoms with Crippen molar-refractivity contribution in [3.05, 3.63) is 71.5 Å². The maximum atomic E-state index is 13.1. The molecule has 6 nitrogen and oxygen atoms in total. The van der Waals surface area contributed by atoms with Crippen molar-refractivity contribution in [1.82, 2.24) is 10.6 Å². The van der Waals surface area contributed by atoms with Crippen molar-refractivity contribution in [2.45, 2.75) is 32.7 Å². The largest absolute Gasteiger partial charge is 0.369 e. The lowest BCUT2D eigenvalue weighted by Gasteiger charge is -2.21. The van der Waals surface area contributed by atoms with Crippen molar-refractivity contribution in [1.29, 1.82) is 0 Å². The van der Waals surface area contributed by atoms with Gasteiger partial charge in [-0.05, 0) is 35.6 Å². The second-order valence-electron chi connectivity index (χ2n) is 7.68. The average molecular weight is 413 g/mol. The van der Waals surface area contributed by atoms with Gasteiger partial charge < -0.3 is 16.4 Å². The van der Waals surface area contributed by atoms with Crippen molar-refractivity contribution >= 4 is 17.7 Å². The maximum absolute atomic E-state index is 13.1. The Morgan fingerprint density at radius 3 is 2.20 bits per heavy atom. The molecular weight excluding hydrogens is 385 g/mol. The lowest BCUT2D eigenvalue weighted by molar-refractivity contribution is -0.130. The van der Waals surface area contributed by atoms with Gasteiger partial charge in [0, 0.05) is 13.0 Å². The highest BCUT2D eigenvalue weighted by Gasteiger charge is 2.25. The molecule has 0 aliphatic rings. The number of carbonyl (C=O) groups excluding carboxylic acids is 3. The van der Waals surface area contributed by atoms with E-state index in [1.165, 1.54) is 12.1 Å². The number of hydrogen-bond donors (Lipinski definition) is 3. The monoisotopic (exact) mass is 413 g/mol. The Balaban J connectivity index is 2.07. The number of nitrogens with two attached hydrogens (primary N) is 1. The summed E-state index contributed by atoms with van der Waals surface area (Å²) in [6.07, 6.45) is 0.566. The van der Waals surface area contributed by atoms with Crippen molar-refractivity contribution in [3.63, 3.8) is 0 Å². The number of amides is 3. The highest BCUT2D eigenvalue weighted by molar-refractivity contribution is 5.89. The van der Waals surface area contributed by atoms with Crippen LogP contribution < -0.4 is 16.4 Å². The van der Waals surface area contributed by atoms with Crippen LogP contribution in [0.25, 0.3) is 0 Å². The molecule has 2 aromatic rings. The molecule has 0 bridgehead atoms. The highest BCUT2D eigenvalue weighted by atomic mass is 19.1. The van der Waals surface area contributed by atoms with Gasteiger partial charge in [-0.2, -0.15) is 0 Å². The van der Waals surface area contributed by atoms with Gasteiger partial charge in [0.25, 0.3) is 0 Å². The van der Waals surface area contributed by atoms with Crippen molar-refractivity contribution < 1.29 is 18.8 Å². The summed E-state index contributed by atoms with van der Waals surface area (Å²) in [5.74, 6) is -2.11. The predicted molar refractivity (Wildman–Crippen MR) is 113 cm³/mol. The summed E-state index contributed by atoms with van der Waals surface area (Å²) >= 11 is 0. The summed E-state index contributed by atoms with van der Waals surface area (Å²) < 4.78 is 13.1. The minimum absolute atomic E-state index is 0.00886. The molecule has 0 saturated carbocycles. The first-order chi connectivity index (χ1) is 14.3. The van der Waals surface area contributed by atoms with Crippen LogP contribution in [0.4, 0.5) is 4.39 Å². The number of nitrogens with one attached hydrogen (secondary N) is 2. The van der Waals surface area contributed by atoms with E-state index < -0.39 is 23.8 Å². The summed E-state index contributed by atoms with van der Waals surface area (Å²) in [7, 11) is 0. The van der Waals surface area contributed by atoms with E-state index in [1.807, 2.05) is 19.9 Å². The SMILES string of the molecule is CC(C)CC(=O)NC(C(=O)NCC(Cc1ccc(F)cc1)C(N)=O)c1ccccc1. The molecule has 0 aliphatic heterocycles. The first-order valence-corrected chi connectivity index (χ1v) is 9.92. The number of rotatable bonds is 10. The van der Waals surface area contributed by atoms with Gasteiger partial charge in [-0.25, -0.2) is 4.39 Å². The van der Waals surface area contributed by atoms with Crippen molar-refractivity contribution in [3.8, 4) is 0 Å². The Kier molecular flexibility index (Phi) is 8.53. The van der Waals surface area contributed by atoms with Crippen LogP contribution in [0.2, 0.25) is 0 Å². The van der Waals surface area contributed by atoms with E-state index in [-0.39, 0.29) is 30.6 Å². The van der Waals surface area contributed by atoms with Crippen LogP contribution in [-0.2, 0) is 20.8 Å². The Morgan fingerprint density at radius 2 is 1.63 bits per heavy atom. The van der Waals surface area contributed by atoms with Gasteiger partial charge >= 0.3 is 0 Å². The number of halogens is 1. The number of carbonyl (C=O) groups is 3. The summed E-state index contributed by atoms with van der Waals surface area (Å²) in [6.45, 7) is 3.85. The van der Waals surface area contributed by atoms with Gasteiger partial charge in [0.05, 0.1) is 5.92 Å². The molecule has 0 saturated heterocycles. The van der Waals surface area contributed by atoms with E-state index in [4.69, 9.17) is 5.73 Å². The molecule has 160 valence electrons. The molecule has 0 spiro atoms. The molecule has 2 unspecified atom stereocenters.